The van der Waals surface area contributed by atoms with Crippen molar-refractivity contribution in [3.8, 4) is 17.1 Å². The first-order valence-electron chi connectivity index (χ1n) is 9.89. The molecule has 2 heterocycles. The molecule has 1 amide bonds. The summed E-state index contributed by atoms with van der Waals surface area (Å²) < 4.78 is 29.7. The molecule has 0 spiro atoms. The minimum atomic E-state index is -0.849. The van der Waals surface area contributed by atoms with Gasteiger partial charge < -0.3 is 5.32 Å². The lowest BCUT2D eigenvalue weighted by molar-refractivity contribution is -0.115. The van der Waals surface area contributed by atoms with Gasteiger partial charge >= 0.3 is 0 Å². The number of anilines is 1. The summed E-state index contributed by atoms with van der Waals surface area (Å²) >= 11 is 7.46. The quantitative estimate of drug-likeness (QED) is 0.355. The summed E-state index contributed by atoms with van der Waals surface area (Å²) in [6, 6.07) is 12.5. The summed E-state index contributed by atoms with van der Waals surface area (Å²) in [5, 5.41) is 11.2. The van der Waals surface area contributed by atoms with Crippen molar-refractivity contribution in [2.24, 2.45) is 0 Å². The molecule has 1 unspecified atom stereocenters. The van der Waals surface area contributed by atoms with Gasteiger partial charge in [0.1, 0.15) is 17.3 Å². The first-order chi connectivity index (χ1) is 15.9. The average Bonchev–Trinajstić information content (AvgIpc) is 3.22. The number of aromatic nitrogens is 4. The van der Waals surface area contributed by atoms with Crippen LogP contribution < -0.4 is 5.32 Å². The molecule has 4 aromatic rings. The molecular weight excluding hydrogens is 468 g/mol. The highest BCUT2D eigenvalue weighted by atomic mass is 35.5. The Morgan fingerprint density at radius 2 is 1.73 bits per heavy atom. The molecule has 0 radical (unpaired) electrons. The van der Waals surface area contributed by atoms with Gasteiger partial charge in [-0.15, -0.1) is 10.2 Å². The van der Waals surface area contributed by atoms with Gasteiger partial charge in [-0.1, -0.05) is 35.5 Å². The largest absolute Gasteiger partial charge is 0.320 e. The molecule has 0 aliphatic rings. The SMILES string of the molecule is Cc1c(Cl)cccc1-n1c(SC(C)C(=O)Nc2c(F)cccc2F)nnc1-c1ccncc1. The second-order valence-corrected chi connectivity index (χ2v) is 8.82. The Morgan fingerprint density at radius 1 is 1.06 bits per heavy atom. The van der Waals surface area contributed by atoms with Gasteiger partial charge in [0, 0.05) is 23.0 Å². The van der Waals surface area contributed by atoms with Gasteiger partial charge in [0.15, 0.2) is 11.0 Å². The zero-order valence-corrected chi connectivity index (χ0v) is 19.2. The number of amides is 1. The van der Waals surface area contributed by atoms with E-state index in [0.29, 0.717) is 16.0 Å². The third-order valence-corrected chi connectivity index (χ3v) is 6.37. The van der Waals surface area contributed by atoms with Crippen LogP contribution in [-0.4, -0.2) is 30.9 Å². The lowest BCUT2D eigenvalue weighted by Gasteiger charge is -2.16. The van der Waals surface area contributed by atoms with E-state index in [4.69, 9.17) is 11.6 Å². The molecule has 10 heteroatoms. The number of hydrogen-bond donors (Lipinski definition) is 1. The van der Waals surface area contributed by atoms with Crippen molar-refractivity contribution in [1.29, 1.82) is 0 Å². The van der Waals surface area contributed by atoms with Gasteiger partial charge in [-0.3, -0.25) is 14.3 Å². The third-order valence-electron chi connectivity index (χ3n) is 4.91. The molecule has 0 fully saturated rings. The summed E-state index contributed by atoms with van der Waals surface area (Å²) in [4.78, 5) is 16.8. The van der Waals surface area contributed by atoms with Crippen molar-refractivity contribution in [2.45, 2.75) is 24.3 Å². The van der Waals surface area contributed by atoms with Gasteiger partial charge in [-0.2, -0.15) is 0 Å². The molecule has 2 aromatic carbocycles. The van der Waals surface area contributed by atoms with Crippen molar-refractivity contribution in [3.63, 3.8) is 0 Å². The van der Waals surface area contributed by atoms with E-state index in [1.807, 2.05) is 19.1 Å². The first kappa shape index (κ1) is 22.9. The maximum atomic E-state index is 14.0. The molecule has 2 aromatic heterocycles. The molecule has 0 aliphatic carbocycles. The molecule has 168 valence electrons. The van der Waals surface area contributed by atoms with Crippen LogP contribution in [0.5, 0.6) is 0 Å². The van der Waals surface area contributed by atoms with Crippen LogP contribution in [0.4, 0.5) is 14.5 Å². The molecule has 33 heavy (non-hydrogen) atoms. The van der Waals surface area contributed by atoms with Gasteiger partial charge in [-0.05, 0) is 55.8 Å². The summed E-state index contributed by atoms with van der Waals surface area (Å²) in [5.41, 5.74) is 1.84. The van der Waals surface area contributed by atoms with Crippen LogP contribution in [0.15, 0.2) is 66.1 Å². The van der Waals surface area contributed by atoms with Crippen molar-refractivity contribution in [1.82, 2.24) is 19.7 Å². The monoisotopic (exact) mass is 485 g/mol. The van der Waals surface area contributed by atoms with E-state index < -0.39 is 28.5 Å². The van der Waals surface area contributed by atoms with Crippen LogP contribution in [-0.2, 0) is 4.79 Å². The second-order valence-electron chi connectivity index (χ2n) is 7.11. The number of thioether (sulfide) groups is 1. The number of nitrogens with one attached hydrogen (secondary N) is 1. The topological polar surface area (TPSA) is 72.7 Å². The van der Waals surface area contributed by atoms with Gasteiger partial charge in [0.2, 0.25) is 5.91 Å². The van der Waals surface area contributed by atoms with E-state index in [2.05, 4.69) is 20.5 Å². The molecule has 1 N–H and O–H groups in total. The fourth-order valence-electron chi connectivity index (χ4n) is 3.14. The van der Waals surface area contributed by atoms with Gasteiger partial charge in [-0.25, -0.2) is 8.78 Å². The number of halogens is 3. The van der Waals surface area contributed by atoms with E-state index in [9.17, 15) is 13.6 Å². The number of carbonyl (C=O) groups is 1. The number of benzene rings is 2. The average molecular weight is 486 g/mol. The minimum Gasteiger partial charge on any atom is -0.320 e. The lowest BCUT2D eigenvalue weighted by Crippen LogP contribution is -2.24. The minimum absolute atomic E-state index is 0.420. The Labute approximate surface area is 198 Å². The maximum Gasteiger partial charge on any atom is 0.237 e. The van der Waals surface area contributed by atoms with Gasteiger partial charge in [0.05, 0.1) is 10.9 Å². The van der Waals surface area contributed by atoms with E-state index in [1.54, 1.807) is 42.1 Å². The number of nitrogens with zero attached hydrogens (tertiary/aromatic N) is 4. The Morgan fingerprint density at radius 3 is 2.42 bits per heavy atom. The molecule has 0 aliphatic heterocycles. The molecule has 0 saturated heterocycles. The summed E-state index contributed by atoms with van der Waals surface area (Å²) in [5.74, 6) is -1.73. The third kappa shape index (κ3) is 4.74. The number of para-hydroxylation sites is 1. The fraction of sp³-hybridized carbons (Fsp3) is 0.130. The molecule has 0 bridgehead atoms. The summed E-state index contributed by atoms with van der Waals surface area (Å²) in [6.45, 7) is 3.49. The van der Waals surface area contributed by atoms with Crippen LogP contribution in [0.1, 0.15) is 12.5 Å². The maximum absolute atomic E-state index is 14.0. The van der Waals surface area contributed by atoms with Crippen LogP contribution >= 0.6 is 23.4 Å². The van der Waals surface area contributed by atoms with Crippen molar-refractivity contribution < 1.29 is 13.6 Å². The Hall–Kier alpha value is -3.30. The zero-order chi connectivity index (χ0) is 23.5. The number of hydrogen-bond acceptors (Lipinski definition) is 5. The smallest absolute Gasteiger partial charge is 0.237 e. The van der Waals surface area contributed by atoms with E-state index in [-0.39, 0.29) is 0 Å². The Balaban J connectivity index is 1.70. The van der Waals surface area contributed by atoms with Crippen LogP contribution in [0, 0.1) is 18.6 Å². The van der Waals surface area contributed by atoms with Crippen LogP contribution in [0.2, 0.25) is 5.02 Å². The molecule has 1 atom stereocenters. The number of rotatable bonds is 6. The zero-order valence-electron chi connectivity index (χ0n) is 17.6. The second kappa shape index (κ2) is 9.68. The highest BCUT2D eigenvalue weighted by molar-refractivity contribution is 8.00. The standard InChI is InChI=1S/C23H18ClF2N5OS/c1-13-16(24)5-3-8-19(13)31-21(15-9-11-27-12-10-15)29-30-23(31)33-14(2)22(32)28-20-17(25)6-4-7-18(20)26/h3-12,14H,1-2H3,(H,28,32). The van der Waals surface area contributed by atoms with Crippen molar-refractivity contribution in [3.05, 3.63) is 83.1 Å². The molecule has 4 rings (SSSR count). The highest BCUT2D eigenvalue weighted by Gasteiger charge is 2.24. The molecule has 6 nitrogen and oxygen atoms in total. The molecular formula is C23H18ClF2N5OS. The highest BCUT2D eigenvalue weighted by Crippen LogP contribution is 2.33. The first-order valence-corrected chi connectivity index (χ1v) is 11.2. The van der Waals surface area contributed by atoms with Crippen molar-refractivity contribution >= 4 is 35.0 Å². The predicted molar refractivity (Wildman–Crippen MR) is 125 cm³/mol. The Kier molecular flexibility index (Phi) is 6.71. The van der Waals surface area contributed by atoms with Crippen LogP contribution in [0.25, 0.3) is 17.1 Å². The molecule has 0 saturated carbocycles. The number of carbonyl (C=O) groups excluding carboxylic acids is 1. The van der Waals surface area contributed by atoms with Crippen LogP contribution in [0.3, 0.4) is 0 Å². The van der Waals surface area contributed by atoms with E-state index in [0.717, 1.165) is 40.7 Å². The fourth-order valence-corrected chi connectivity index (χ4v) is 4.17. The number of pyridine rings is 1. The van der Waals surface area contributed by atoms with E-state index in [1.165, 1.54) is 6.07 Å². The Bertz CT molecular complexity index is 1300. The van der Waals surface area contributed by atoms with E-state index >= 15 is 0 Å². The summed E-state index contributed by atoms with van der Waals surface area (Å²) in [7, 11) is 0. The van der Waals surface area contributed by atoms with Crippen molar-refractivity contribution in [2.75, 3.05) is 5.32 Å². The van der Waals surface area contributed by atoms with Gasteiger partial charge in [0.25, 0.3) is 0 Å². The normalized spacial score (nSPS) is 11.9. The predicted octanol–water partition coefficient (Wildman–Crippen LogP) is 5.69. The summed E-state index contributed by atoms with van der Waals surface area (Å²) in [6.07, 6.45) is 3.29. The lowest BCUT2D eigenvalue weighted by atomic mass is 10.2.